The summed E-state index contributed by atoms with van der Waals surface area (Å²) >= 11 is 0. The summed E-state index contributed by atoms with van der Waals surface area (Å²) < 4.78 is 38.5. The van der Waals surface area contributed by atoms with Crippen LogP contribution in [0.25, 0.3) is 22.3 Å². The summed E-state index contributed by atoms with van der Waals surface area (Å²) in [4.78, 5) is 20.7. The molecule has 0 spiro atoms. The molecule has 170 valence electrons. The summed E-state index contributed by atoms with van der Waals surface area (Å²) in [6.07, 6.45) is 8.42. The van der Waals surface area contributed by atoms with Crippen LogP contribution in [0.4, 0.5) is 23.7 Å². The number of benzene rings is 1. The number of hydrogen-bond donors (Lipinski definition) is 2. The maximum Gasteiger partial charge on any atom is 0.405 e. The summed E-state index contributed by atoms with van der Waals surface area (Å²) in [7, 11) is 0. The van der Waals surface area contributed by atoms with E-state index in [1.165, 1.54) is 5.57 Å². The van der Waals surface area contributed by atoms with Crippen LogP contribution in [0, 0.1) is 0 Å². The lowest BCUT2D eigenvalue weighted by Crippen LogP contribution is -2.36. The summed E-state index contributed by atoms with van der Waals surface area (Å²) in [5.41, 5.74) is 5.46. The Bertz CT molecular complexity index is 1270. The molecule has 3 heterocycles. The molecule has 1 aliphatic rings. The Morgan fingerprint density at radius 1 is 1.21 bits per heavy atom. The van der Waals surface area contributed by atoms with Crippen LogP contribution in [-0.2, 0) is 0 Å². The van der Waals surface area contributed by atoms with Crippen molar-refractivity contribution in [3.63, 3.8) is 0 Å². The molecule has 7 nitrogen and oxygen atoms in total. The molecule has 0 atom stereocenters. The molecule has 0 aliphatic carbocycles. The number of halogens is 3. The number of rotatable bonds is 4. The Hall–Kier alpha value is -3.95. The number of urea groups is 1. The van der Waals surface area contributed by atoms with Gasteiger partial charge in [0.15, 0.2) is 5.65 Å². The average molecular weight is 454 g/mol. The van der Waals surface area contributed by atoms with Gasteiger partial charge in [-0.1, -0.05) is 23.8 Å². The van der Waals surface area contributed by atoms with Crippen molar-refractivity contribution >= 4 is 29.2 Å². The van der Waals surface area contributed by atoms with Crippen LogP contribution < -0.4 is 10.6 Å². The molecule has 4 rings (SSSR count). The van der Waals surface area contributed by atoms with Gasteiger partial charge < -0.3 is 10.6 Å². The maximum atomic E-state index is 12.3. The fraction of sp³-hybridized carbons (Fsp3) is 0.217. The smallest absolute Gasteiger partial charge is 0.329 e. The van der Waals surface area contributed by atoms with E-state index < -0.39 is 18.8 Å². The Morgan fingerprint density at radius 3 is 2.88 bits per heavy atom. The van der Waals surface area contributed by atoms with E-state index in [4.69, 9.17) is 0 Å². The quantitative estimate of drug-likeness (QED) is 0.566. The van der Waals surface area contributed by atoms with Gasteiger partial charge in [-0.2, -0.15) is 18.3 Å². The number of hydrogen-bond acceptors (Lipinski definition) is 4. The van der Waals surface area contributed by atoms with Crippen molar-refractivity contribution in [3.8, 4) is 11.1 Å². The maximum absolute atomic E-state index is 12.3. The highest BCUT2D eigenvalue weighted by Gasteiger charge is 2.27. The number of nitrogens with zero attached hydrogens (tertiary/aromatic N) is 4. The number of alkyl halides is 3. The Kier molecular flexibility index (Phi) is 6.25. The van der Waals surface area contributed by atoms with E-state index in [0.717, 1.165) is 29.5 Å². The van der Waals surface area contributed by atoms with Crippen LogP contribution in [0.1, 0.15) is 25.3 Å². The van der Waals surface area contributed by atoms with Gasteiger partial charge in [0.25, 0.3) is 0 Å². The lowest BCUT2D eigenvalue weighted by atomic mass is 10.1. The molecule has 10 heteroatoms. The van der Waals surface area contributed by atoms with Crippen LogP contribution in [0.3, 0.4) is 0 Å². The highest BCUT2D eigenvalue weighted by Crippen LogP contribution is 2.27. The van der Waals surface area contributed by atoms with Crippen LogP contribution >= 0.6 is 0 Å². The summed E-state index contributed by atoms with van der Waals surface area (Å²) in [6, 6.07) is 5.80. The van der Waals surface area contributed by atoms with Crippen molar-refractivity contribution in [1.82, 2.24) is 19.9 Å². The summed E-state index contributed by atoms with van der Waals surface area (Å²) in [5.74, 6) is 0. The van der Waals surface area contributed by atoms with Gasteiger partial charge in [0.2, 0.25) is 0 Å². The molecule has 1 aliphatic heterocycles. The second-order valence-electron chi connectivity index (χ2n) is 7.62. The van der Waals surface area contributed by atoms with Gasteiger partial charge >= 0.3 is 12.2 Å². The average Bonchev–Trinajstić information content (AvgIpc) is 3.18. The molecular weight excluding hydrogens is 433 g/mol. The fourth-order valence-electron chi connectivity index (χ4n) is 3.36. The summed E-state index contributed by atoms with van der Waals surface area (Å²) in [5, 5.41) is 8.58. The first kappa shape index (κ1) is 22.3. The molecule has 3 aromatic rings. The molecule has 2 N–H and O–H groups in total. The predicted octanol–water partition coefficient (Wildman–Crippen LogP) is 5.23. The Balaban J connectivity index is 1.55. The zero-order valence-electron chi connectivity index (χ0n) is 17.7. The highest BCUT2D eigenvalue weighted by molar-refractivity contribution is 6.10. The second-order valence-corrected chi connectivity index (χ2v) is 7.62. The van der Waals surface area contributed by atoms with E-state index in [0.29, 0.717) is 16.9 Å². The lowest BCUT2D eigenvalue weighted by Gasteiger charge is -2.10. The van der Waals surface area contributed by atoms with Crippen molar-refractivity contribution in [1.29, 1.82) is 0 Å². The van der Waals surface area contributed by atoms with Crippen LogP contribution in [0.5, 0.6) is 0 Å². The van der Waals surface area contributed by atoms with E-state index in [1.54, 1.807) is 46.6 Å². The molecule has 0 fully saturated rings. The molecule has 0 saturated heterocycles. The number of aromatic nitrogens is 3. The van der Waals surface area contributed by atoms with E-state index in [2.05, 4.69) is 33.4 Å². The van der Waals surface area contributed by atoms with Crippen LogP contribution in [0.2, 0.25) is 0 Å². The molecule has 1 aromatic carbocycles. The first-order valence-electron chi connectivity index (χ1n) is 10.2. The zero-order chi connectivity index (χ0) is 23.4. The number of fused-ring (bicyclic) bond motifs is 1. The van der Waals surface area contributed by atoms with Crippen molar-refractivity contribution in [3.05, 3.63) is 66.3 Å². The van der Waals surface area contributed by atoms with Crippen molar-refractivity contribution < 1.29 is 18.0 Å². The molecule has 0 radical (unpaired) electrons. The zero-order valence-corrected chi connectivity index (χ0v) is 17.7. The van der Waals surface area contributed by atoms with Crippen LogP contribution in [0.15, 0.2) is 65.7 Å². The molecule has 2 aromatic heterocycles. The molecule has 2 amide bonds. The number of amides is 2. The Morgan fingerprint density at radius 2 is 2.06 bits per heavy atom. The standard InChI is InChI=1S/C23H21F3N6O/c1-15-4-2-6-17(10-27-9-15)18-11-28-21-20(12-30-32(21)13-18)16-5-3-7-19(8-16)31-22(33)29-14-23(24,25)26/h3,5-13H,2,4,14H2,1H3,(H2,29,31,33)/b15-9+,17-6+,27-10-. The first-order valence-corrected chi connectivity index (χ1v) is 10.2. The highest BCUT2D eigenvalue weighted by atomic mass is 19.4. The van der Waals surface area contributed by atoms with Gasteiger partial charge in [0.05, 0.1) is 6.20 Å². The third-order valence-corrected chi connectivity index (χ3v) is 4.98. The monoisotopic (exact) mass is 454 g/mol. The van der Waals surface area contributed by atoms with E-state index in [9.17, 15) is 18.0 Å². The number of allylic oxidation sites excluding steroid dienone is 3. The predicted molar refractivity (Wildman–Crippen MR) is 121 cm³/mol. The minimum atomic E-state index is -4.48. The van der Waals surface area contributed by atoms with E-state index in [1.807, 2.05) is 18.5 Å². The number of carbonyl (C=O) groups is 1. The number of carbonyl (C=O) groups excluding carboxylic acids is 1. The van der Waals surface area contributed by atoms with Crippen molar-refractivity contribution in [2.24, 2.45) is 4.99 Å². The van der Waals surface area contributed by atoms with E-state index in [-0.39, 0.29) is 0 Å². The molecule has 0 unspecified atom stereocenters. The molecule has 0 saturated carbocycles. The lowest BCUT2D eigenvalue weighted by molar-refractivity contribution is -0.122. The van der Waals surface area contributed by atoms with Gasteiger partial charge in [-0.25, -0.2) is 14.3 Å². The topological polar surface area (TPSA) is 83.7 Å². The molecule has 0 bridgehead atoms. The van der Waals surface area contributed by atoms with Gasteiger partial charge in [0.1, 0.15) is 6.54 Å². The molecular formula is C23H21F3N6O. The Labute approximate surface area is 187 Å². The van der Waals surface area contributed by atoms with Crippen molar-refractivity contribution in [2.45, 2.75) is 25.9 Å². The third kappa shape index (κ3) is 5.65. The van der Waals surface area contributed by atoms with E-state index >= 15 is 0 Å². The van der Waals surface area contributed by atoms with Crippen LogP contribution in [-0.4, -0.2) is 39.6 Å². The molecule has 33 heavy (non-hydrogen) atoms. The van der Waals surface area contributed by atoms with Gasteiger partial charge in [-0.05, 0) is 43.0 Å². The first-order chi connectivity index (χ1) is 15.8. The fourth-order valence-corrected chi connectivity index (χ4v) is 3.36. The van der Waals surface area contributed by atoms with Gasteiger partial charge in [0, 0.05) is 41.6 Å². The van der Waals surface area contributed by atoms with Gasteiger partial charge in [-0.15, -0.1) is 0 Å². The van der Waals surface area contributed by atoms with Crippen molar-refractivity contribution in [2.75, 3.05) is 11.9 Å². The minimum absolute atomic E-state index is 0.349. The van der Waals surface area contributed by atoms with Gasteiger partial charge in [-0.3, -0.25) is 4.99 Å². The SMILES string of the molecule is C\C1=C/N=C\C(c2cnc3c(-c4cccc(NC(=O)NCC(F)(F)F)c4)cnn3c2)=C/CC1. The number of anilines is 1. The normalized spacial score (nSPS) is 18.4. The largest absolute Gasteiger partial charge is 0.405 e. The minimum Gasteiger partial charge on any atom is -0.329 e. The summed E-state index contributed by atoms with van der Waals surface area (Å²) in [6.45, 7) is 0.643. The second kappa shape index (κ2) is 9.27. The third-order valence-electron chi connectivity index (χ3n) is 4.98. The number of aliphatic imine (C=N–C) groups is 1. The number of nitrogens with one attached hydrogen (secondary N) is 2.